The van der Waals surface area contributed by atoms with Gasteiger partial charge in [-0.2, -0.15) is 0 Å². The summed E-state index contributed by atoms with van der Waals surface area (Å²) in [5.41, 5.74) is 3.68. The lowest BCUT2D eigenvalue weighted by Crippen LogP contribution is -2.64. The molecule has 5 rings (SSSR count). The van der Waals surface area contributed by atoms with Gasteiger partial charge in [-0.15, -0.1) is 0 Å². The van der Waals surface area contributed by atoms with Crippen LogP contribution in [-0.4, -0.2) is 26.2 Å². The molecule has 0 aliphatic heterocycles. The number of fused-ring (bicyclic) bond motifs is 8. The number of rotatable bonds is 2. The molecule has 140 valence electrons. The molecule has 28 heavy (non-hydrogen) atoms. The zero-order chi connectivity index (χ0) is 19.5. The van der Waals surface area contributed by atoms with Gasteiger partial charge in [-0.1, -0.05) is 66.8 Å². The van der Waals surface area contributed by atoms with Gasteiger partial charge in [-0.05, 0) is 28.2 Å². The molecule has 1 fully saturated rings. The van der Waals surface area contributed by atoms with E-state index in [1.54, 1.807) is 0 Å². The fraction of sp³-hybridized carbons (Fsp3) is 0.250. The minimum atomic E-state index is -0.779. The number of carbonyl (C=O) groups is 2. The molecule has 3 aliphatic carbocycles. The Bertz CT molecular complexity index is 1060. The Morgan fingerprint density at radius 2 is 1.71 bits per heavy atom. The lowest BCUT2D eigenvalue weighted by molar-refractivity contribution is -0.159. The molecular weight excluding hydrogens is 352 g/mol. The molecule has 4 heteroatoms. The molecular formula is C24H20O4. The van der Waals surface area contributed by atoms with Crippen molar-refractivity contribution in [3.63, 3.8) is 0 Å². The van der Waals surface area contributed by atoms with Crippen LogP contribution in [0.15, 0.2) is 60.7 Å². The molecule has 0 heterocycles. The van der Waals surface area contributed by atoms with E-state index >= 15 is 0 Å². The molecule has 0 N–H and O–H groups in total. The third kappa shape index (κ3) is 1.90. The number of methoxy groups -OCH3 is 2. The van der Waals surface area contributed by atoms with Crippen molar-refractivity contribution in [2.45, 2.75) is 11.3 Å². The van der Waals surface area contributed by atoms with Crippen LogP contribution in [0.4, 0.5) is 0 Å². The highest BCUT2D eigenvalue weighted by Crippen LogP contribution is 2.68. The second kappa shape index (κ2) is 5.93. The van der Waals surface area contributed by atoms with Crippen molar-refractivity contribution < 1.29 is 19.1 Å². The summed E-state index contributed by atoms with van der Waals surface area (Å²) in [5, 5.41) is 0. The first-order valence-electron chi connectivity index (χ1n) is 9.40. The molecule has 0 amide bonds. The Labute approximate surface area is 163 Å². The highest BCUT2D eigenvalue weighted by atomic mass is 16.5. The molecule has 0 bridgehead atoms. The summed E-state index contributed by atoms with van der Waals surface area (Å²) in [7, 11) is 2.85. The van der Waals surface area contributed by atoms with Crippen molar-refractivity contribution in [1.82, 2.24) is 0 Å². The third-order valence-corrected chi connectivity index (χ3v) is 6.58. The zero-order valence-corrected chi connectivity index (χ0v) is 15.7. The van der Waals surface area contributed by atoms with Crippen LogP contribution in [-0.2, 0) is 24.5 Å². The van der Waals surface area contributed by atoms with E-state index in [4.69, 9.17) is 9.47 Å². The number of allylic oxidation sites excluding steroid dienone is 2. The van der Waals surface area contributed by atoms with Crippen LogP contribution in [0.1, 0.15) is 28.2 Å². The molecule has 0 saturated heterocycles. The normalized spacial score (nSPS) is 28.5. The Morgan fingerprint density at radius 3 is 2.50 bits per heavy atom. The lowest BCUT2D eigenvalue weighted by Gasteiger charge is -2.61. The number of esters is 2. The van der Waals surface area contributed by atoms with E-state index in [9.17, 15) is 9.59 Å². The predicted molar refractivity (Wildman–Crippen MR) is 105 cm³/mol. The Balaban J connectivity index is 1.78. The lowest BCUT2D eigenvalue weighted by atomic mass is 9.39. The maximum Gasteiger partial charge on any atom is 0.338 e. The predicted octanol–water partition coefficient (Wildman–Crippen LogP) is 3.72. The fourth-order valence-electron chi connectivity index (χ4n) is 5.53. The second-order valence-corrected chi connectivity index (χ2v) is 7.55. The molecule has 0 spiro atoms. The van der Waals surface area contributed by atoms with Crippen LogP contribution in [0.3, 0.4) is 0 Å². The number of hydrogen-bond acceptors (Lipinski definition) is 4. The van der Waals surface area contributed by atoms with Crippen LogP contribution in [0.2, 0.25) is 0 Å². The molecule has 1 saturated carbocycles. The maximum absolute atomic E-state index is 13.3. The van der Waals surface area contributed by atoms with Crippen molar-refractivity contribution in [2.24, 2.45) is 11.8 Å². The van der Waals surface area contributed by atoms with Gasteiger partial charge in [-0.25, -0.2) is 4.79 Å². The van der Waals surface area contributed by atoms with Crippen LogP contribution >= 0.6 is 0 Å². The average molecular weight is 372 g/mol. The highest BCUT2D eigenvalue weighted by molar-refractivity contribution is 6.18. The number of ether oxygens (including phenoxy) is 2. The molecule has 0 aromatic heterocycles. The number of carbonyl (C=O) groups excluding carboxylic acids is 2. The zero-order valence-electron chi connectivity index (χ0n) is 15.7. The van der Waals surface area contributed by atoms with Crippen molar-refractivity contribution in [3.05, 3.63) is 82.9 Å². The molecule has 4 atom stereocenters. The van der Waals surface area contributed by atoms with E-state index in [1.165, 1.54) is 14.2 Å². The van der Waals surface area contributed by atoms with Crippen LogP contribution in [0.5, 0.6) is 0 Å². The quantitative estimate of drug-likeness (QED) is 0.754. The van der Waals surface area contributed by atoms with Gasteiger partial charge < -0.3 is 9.47 Å². The van der Waals surface area contributed by atoms with Gasteiger partial charge >= 0.3 is 11.9 Å². The van der Waals surface area contributed by atoms with Crippen molar-refractivity contribution in [1.29, 1.82) is 0 Å². The first-order valence-corrected chi connectivity index (χ1v) is 9.40. The fourth-order valence-corrected chi connectivity index (χ4v) is 5.53. The summed E-state index contributed by atoms with van der Waals surface area (Å²) in [6.07, 6.45) is 6.16. The van der Waals surface area contributed by atoms with E-state index < -0.39 is 5.41 Å². The molecule has 4 nitrogen and oxygen atoms in total. The summed E-state index contributed by atoms with van der Waals surface area (Å²) in [6, 6.07) is 15.8. The standard InChI is InChI=1S/C24H20O4/c1-27-22(25)17-13-18-20-12-11-14-7-3-6-10-19(14)24(20,23(26)28-2)21(18)16-9-5-4-8-15(16)17/h3-13,18,20-21H,1-2H3/t18-,20+,21-,24-/m1/s1. The van der Waals surface area contributed by atoms with Crippen molar-refractivity contribution in [2.75, 3.05) is 14.2 Å². The first kappa shape index (κ1) is 17.0. The van der Waals surface area contributed by atoms with Crippen molar-refractivity contribution >= 4 is 23.6 Å². The maximum atomic E-state index is 13.3. The minimum absolute atomic E-state index is 0.0349. The van der Waals surface area contributed by atoms with Gasteiger partial charge in [0.1, 0.15) is 5.41 Å². The van der Waals surface area contributed by atoms with E-state index in [2.05, 4.69) is 12.2 Å². The van der Waals surface area contributed by atoms with E-state index in [-0.39, 0.29) is 29.7 Å². The molecule has 2 aromatic carbocycles. The average Bonchev–Trinajstić information content (AvgIpc) is 2.74. The minimum Gasteiger partial charge on any atom is -0.468 e. The summed E-state index contributed by atoms with van der Waals surface area (Å²) >= 11 is 0. The van der Waals surface area contributed by atoms with Crippen LogP contribution in [0, 0.1) is 11.8 Å². The number of benzene rings is 2. The van der Waals surface area contributed by atoms with Crippen LogP contribution < -0.4 is 0 Å². The topological polar surface area (TPSA) is 52.6 Å². The first-order chi connectivity index (χ1) is 13.6. The molecule has 3 aliphatic rings. The summed E-state index contributed by atoms with van der Waals surface area (Å²) < 4.78 is 10.4. The van der Waals surface area contributed by atoms with Gasteiger partial charge in [0.25, 0.3) is 0 Å². The summed E-state index contributed by atoms with van der Waals surface area (Å²) in [4.78, 5) is 25.7. The second-order valence-electron chi connectivity index (χ2n) is 7.55. The molecule has 2 aromatic rings. The monoisotopic (exact) mass is 372 g/mol. The Morgan fingerprint density at radius 1 is 0.964 bits per heavy atom. The SMILES string of the molecule is COC(=O)C1=C[C@H]2[C@@H](c3ccccc31)[C@@]1(C(=O)OC)c3ccccc3C=C[C@@H]21. The molecule has 0 unspecified atom stereocenters. The third-order valence-electron chi connectivity index (χ3n) is 6.58. The summed E-state index contributed by atoms with van der Waals surface area (Å²) in [6.45, 7) is 0. The van der Waals surface area contributed by atoms with E-state index in [0.29, 0.717) is 5.57 Å². The highest BCUT2D eigenvalue weighted by Gasteiger charge is 2.69. The van der Waals surface area contributed by atoms with Gasteiger partial charge in [0, 0.05) is 11.8 Å². The Kier molecular flexibility index (Phi) is 3.60. The van der Waals surface area contributed by atoms with Gasteiger partial charge in [0.15, 0.2) is 0 Å². The van der Waals surface area contributed by atoms with Gasteiger partial charge in [-0.3, -0.25) is 4.79 Å². The van der Waals surface area contributed by atoms with E-state index in [0.717, 1.165) is 22.3 Å². The number of hydrogen-bond donors (Lipinski definition) is 0. The van der Waals surface area contributed by atoms with Gasteiger partial charge in [0.05, 0.1) is 19.8 Å². The molecule has 0 radical (unpaired) electrons. The Hall–Kier alpha value is -3.14. The van der Waals surface area contributed by atoms with E-state index in [1.807, 2.05) is 54.6 Å². The smallest absolute Gasteiger partial charge is 0.338 e. The summed E-state index contributed by atoms with van der Waals surface area (Å²) in [5.74, 6) is -0.678. The van der Waals surface area contributed by atoms with Gasteiger partial charge in [0.2, 0.25) is 0 Å². The largest absolute Gasteiger partial charge is 0.468 e. The van der Waals surface area contributed by atoms with Crippen LogP contribution in [0.25, 0.3) is 11.6 Å². The van der Waals surface area contributed by atoms with Crippen molar-refractivity contribution in [3.8, 4) is 0 Å².